The van der Waals surface area contributed by atoms with E-state index in [1.807, 2.05) is 5.51 Å². The van der Waals surface area contributed by atoms with E-state index in [4.69, 9.17) is 0 Å². The molecule has 2 rings (SSSR count). The van der Waals surface area contributed by atoms with E-state index in [1.54, 1.807) is 11.3 Å². The normalized spacial score (nSPS) is 21.4. The van der Waals surface area contributed by atoms with Gasteiger partial charge in [-0.25, -0.2) is 4.98 Å². The number of hydrogen-bond acceptors (Lipinski definition) is 2. The summed E-state index contributed by atoms with van der Waals surface area (Å²) in [6.45, 7) is 2.18. The second-order valence-electron chi connectivity index (χ2n) is 2.68. The van der Waals surface area contributed by atoms with E-state index >= 15 is 0 Å². The summed E-state index contributed by atoms with van der Waals surface area (Å²) in [7, 11) is 0. The molecule has 56 valence electrons. The van der Waals surface area contributed by atoms with Gasteiger partial charge in [0.25, 0.3) is 0 Å². The third-order valence-electron chi connectivity index (χ3n) is 1.71. The van der Waals surface area contributed by atoms with E-state index in [1.165, 1.54) is 4.53 Å². The molecule has 2 heteroatoms. The Balaban J connectivity index is 2.74. The van der Waals surface area contributed by atoms with Gasteiger partial charge in [-0.1, -0.05) is 25.2 Å². The maximum Gasteiger partial charge on any atom is 0.0808 e. The van der Waals surface area contributed by atoms with Crippen molar-refractivity contribution in [2.75, 3.05) is 0 Å². The zero-order valence-corrected chi connectivity index (χ0v) is 7.14. The zero-order valence-electron chi connectivity index (χ0n) is 6.32. The summed E-state index contributed by atoms with van der Waals surface area (Å²) in [6, 6.07) is 0. The average Bonchev–Trinajstić information content (AvgIpc) is 2.31. The molecule has 0 fully saturated rings. The highest BCUT2D eigenvalue weighted by molar-refractivity contribution is 7.07. The van der Waals surface area contributed by atoms with Crippen LogP contribution in [0.5, 0.6) is 0 Å². The van der Waals surface area contributed by atoms with Crippen LogP contribution in [0.25, 0.3) is 12.2 Å². The molecule has 1 aromatic heterocycles. The molecule has 0 aromatic carbocycles. The lowest BCUT2D eigenvalue weighted by Gasteiger charge is -1.91. The lowest BCUT2D eigenvalue weighted by atomic mass is 10.2. The number of nitrogens with zero attached hydrogens (tertiary/aromatic N) is 1. The summed E-state index contributed by atoms with van der Waals surface area (Å²) in [4.78, 5) is 4.23. The van der Waals surface area contributed by atoms with Crippen LogP contribution in [-0.2, 0) is 0 Å². The lowest BCUT2D eigenvalue weighted by molar-refractivity contribution is 1.00. The molecular weight excluding hydrogens is 154 g/mol. The van der Waals surface area contributed by atoms with Crippen LogP contribution in [0.2, 0.25) is 0 Å². The van der Waals surface area contributed by atoms with E-state index < -0.39 is 0 Å². The van der Waals surface area contributed by atoms with Crippen molar-refractivity contribution < 1.29 is 0 Å². The standard InChI is InChI=1S/C9H9NS/c1-7-3-2-4-8-9(5-7)11-6-10-8/h2-7H,1H3. The fourth-order valence-electron chi connectivity index (χ4n) is 1.13. The quantitative estimate of drug-likeness (QED) is 0.554. The third kappa shape index (κ3) is 1.26. The first-order valence-corrected chi connectivity index (χ1v) is 4.54. The van der Waals surface area contributed by atoms with Gasteiger partial charge in [-0.15, -0.1) is 11.3 Å². The molecule has 1 unspecified atom stereocenters. The predicted octanol–water partition coefficient (Wildman–Crippen LogP) is 0.910. The highest BCUT2D eigenvalue weighted by Gasteiger charge is 1.95. The number of allylic oxidation sites excluding steroid dienone is 2. The van der Waals surface area contributed by atoms with Crippen molar-refractivity contribution in [2.45, 2.75) is 6.92 Å². The molecule has 0 N–H and O–H groups in total. The molecule has 0 amide bonds. The van der Waals surface area contributed by atoms with Crippen molar-refractivity contribution >= 4 is 23.5 Å². The number of fused-ring (bicyclic) bond motifs is 1. The summed E-state index contributed by atoms with van der Waals surface area (Å²) >= 11 is 1.70. The minimum absolute atomic E-state index is 0.535. The molecule has 0 saturated carbocycles. The number of thiazole rings is 1. The van der Waals surface area contributed by atoms with Gasteiger partial charge in [-0.2, -0.15) is 0 Å². The fourth-order valence-corrected chi connectivity index (χ4v) is 1.94. The maximum atomic E-state index is 4.23. The second kappa shape index (κ2) is 2.62. The summed E-state index contributed by atoms with van der Waals surface area (Å²) in [6.07, 6.45) is 8.56. The van der Waals surface area contributed by atoms with Crippen LogP contribution in [0, 0.1) is 5.92 Å². The van der Waals surface area contributed by atoms with E-state index in [2.05, 4.69) is 36.2 Å². The first kappa shape index (κ1) is 6.80. The minimum atomic E-state index is 0.535. The summed E-state index contributed by atoms with van der Waals surface area (Å²) in [5.74, 6) is 0.535. The van der Waals surface area contributed by atoms with Crippen LogP contribution < -0.4 is 9.88 Å². The fraction of sp³-hybridized carbons (Fsp3) is 0.222. The van der Waals surface area contributed by atoms with Crippen LogP contribution >= 0.6 is 11.3 Å². The van der Waals surface area contributed by atoms with Crippen molar-refractivity contribution in [2.24, 2.45) is 5.92 Å². The van der Waals surface area contributed by atoms with Crippen LogP contribution in [0.15, 0.2) is 17.7 Å². The summed E-state index contributed by atoms with van der Waals surface area (Å²) in [5.41, 5.74) is 1.89. The monoisotopic (exact) mass is 163 g/mol. The van der Waals surface area contributed by atoms with Gasteiger partial charge < -0.3 is 0 Å². The Bertz CT molecular complexity index is 386. The summed E-state index contributed by atoms with van der Waals surface area (Å²) < 4.78 is 1.29. The third-order valence-corrected chi connectivity index (χ3v) is 2.52. The molecule has 1 aliphatic rings. The first-order valence-electron chi connectivity index (χ1n) is 3.66. The highest BCUT2D eigenvalue weighted by atomic mass is 32.1. The molecule has 1 atom stereocenters. The Morgan fingerprint density at radius 3 is 3.36 bits per heavy atom. The molecule has 1 heterocycles. The minimum Gasteiger partial charge on any atom is -0.245 e. The van der Waals surface area contributed by atoms with Crippen molar-refractivity contribution in [1.82, 2.24) is 4.98 Å². The van der Waals surface area contributed by atoms with E-state index in [0.29, 0.717) is 5.92 Å². The smallest absolute Gasteiger partial charge is 0.0808 e. The van der Waals surface area contributed by atoms with Crippen LogP contribution in [0.4, 0.5) is 0 Å². The van der Waals surface area contributed by atoms with Crippen molar-refractivity contribution in [3.05, 3.63) is 27.5 Å². The number of hydrogen-bond donors (Lipinski definition) is 0. The Labute approximate surface area is 69.4 Å². The number of rotatable bonds is 0. The lowest BCUT2D eigenvalue weighted by Crippen LogP contribution is -2.20. The Morgan fingerprint density at radius 1 is 1.55 bits per heavy atom. The van der Waals surface area contributed by atoms with E-state index in [-0.39, 0.29) is 0 Å². The molecule has 0 radical (unpaired) electrons. The van der Waals surface area contributed by atoms with Crippen LogP contribution in [0.1, 0.15) is 6.92 Å². The summed E-state index contributed by atoms with van der Waals surface area (Å²) in [5, 5.41) is 1.11. The van der Waals surface area contributed by atoms with Gasteiger partial charge in [0.1, 0.15) is 0 Å². The second-order valence-corrected chi connectivity index (χ2v) is 3.57. The van der Waals surface area contributed by atoms with Gasteiger partial charge in [-0.05, 0) is 12.0 Å². The first-order chi connectivity index (χ1) is 5.36. The Kier molecular flexibility index (Phi) is 1.62. The van der Waals surface area contributed by atoms with E-state index in [9.17, 15) is 0 Å². The van der Waals surface area contributed by atoms with Crippen molar-refractivity contribution in [3.8, 4) is 0 Å². The molecular formula is C9H9NS. The van der Waals surface area contributed by atoms with Gasteiger partial charge in [0.2, 0.25) is 0 Å². The number of aromatic nitrogens is 1. The van der Waals surface area contributed by atoms with Gasteiger partial charge in [0.15, 0.2) is 0 Å². The highest BCUT2D eigenvalue weighted by Crippen LogP contribution is 2.00. The average molecular weight is 163 g/mol. The Morgan fingerprint density at radius 2 is 2.45 bits per heavy atom. The van der Waals surface area contributed by atoms with Gasteiger partial charge in [0, 0.05) is 0 Å². The molecule has 11 heavy (non-hydrogen) atoms. The molecule has 0 saturated heterocycles. The SMILES string of the molecule is CC1C=CC=c2ncsc2=C1. The van der Waals surface area contributed by atoms with Crippen LogP contribution in [0.3, 0.4) is 0 Å². The predicted molar refractivity (Wildman–Crippen MR) is 48.6 cm³/mol. The van der Waals surface area contributed by atoms with Gasteiger partial charge >= 0.3 is 0 Å². The Hall–Kier alpha value is -0.890. The molecule has 1 nitrogen and oxygen atoms in total. The largest absolute Gasteiger partial charge is 0.245 e. The van der Waals surface area contributed by atoms with Crippen LogP contribution in [-0.4, -0.2) is 4.98 Å². The topological polar surface area (TPSA) is 12.9 Å². The molecule has 1 aliphatic carbocycles. The van der Waals surface area contributed by atoms with Crippen molar-refractivity contribution in [3.63, 3.8) is 0 Å². The molecule has 1 aromatic rings. The molecule has 0 aliphatic heterocycles. The van der Waals surface area contributed by atoms with Gasteiger partial charge in [-0.3, -0.25) is 0 Å². The zero-order chi connectivity index (χ0) is 7.68. The van der Waals surface area contributed by atoms with E-state index in [0.717, 1.165) is 5.35 Å². The van der Waals surface area contributed by atoms with Gasteiger partial charge in [0.05, 0.1) is 15.4 Å². The molecule has 0 bridgehead atoms. The maximum absolute atomic E-state index is 4.23. The van der Waals surface area contributed by atoms with Crippen molar-refractivity contribution in [1.29, 1.82) is 0 Å². The molecule has 0 spiro atoms.